The van der Waals surface area contributed by atoms with E-state index >= 15 is 0 Å². The van der Waals surface area contributed by atoms with Gasteiger partial charge in [-0.3, -0.25) is 10.1 Å². The number of rotatable bonds is 8. The van der Waals surface area contributed by atoms with Gasteiger partial charge in [0.15, 0.2) is 0 Å². The Morgan fingerprint density at radius 1 is 1.20 bits per heavy atom. The Bertz CT molecular complexity index is 429. The number of amides is 1. The summed E-state index contributed by atoms with van der Waals surface area (Å²) in [7, 11) is 0. The maximum absolute atomic E-state index is 11.5. The van der Waals surface area contributed by atoms with E-state index in [4.69, 9.17) is 16.6 Å². The third-order valence-corrected chi connectivity index (χ3v) is 2.60. The highest BCUT2D eigenvalue weighted by Gasteiger charge is 1.96. The SMILES string of the molecule is NC(N)NCCCCNC(=O)/C=C/c1ccc(O)cc1. The van der Waals surface area contributed by atoms with E-state index < -0.39 is 6.29 Å². The molecular formula is C14H22N4O2. The van der Waals surface area contributed by atoms with Gasteiger partial charge in [-0.05, 0) is 43.2 Å². The second kappa shape index (κ2) is 9.08. The van der Waals surface area contributed by atoms with Gasteiger partial charge < -0.3 is 21.9 Å². The summed E-state index contributed by atoms with van der Waals surface area (Å²) in [6.45, 7) is 1.34. The number of benzene rings is 1. The Labute approximate surface area is 118 Å². The van der Waals surface area contributed by atoms with Crippen LogP contribution in [-0.2, 0) is 4.79 Å². The van der Waals surface area contributed by atoms with Crippen LogP contribution in [0, 0.1) is 0 Å². The number of unbranched alkanes of at least 4 members (excludes halogenated alkanes) is 1. The molecule has 0 fully saturated rings. The van der Waals surface area contributed by atoms with Crippen molar-refractivity contribution in [3.63, 3.8) is 0 Å². The lowest BCUT2D eigenvalue weighted by Crippen LogP contribution is -2.45. The van der Waals surface area contributed by atoms with Gasteiger partial charge in [-0.15, -0.1) is 0 Å². The molecule has 0 atom stereocenters. The minimum absolute atomic E-state index is 0.137. The molecule has 0 aliphatic rings. The first-order valence-corrected chi connectivity index (χ1v) is 6.57. The van der Waals surface area contributed by atoms with Crippen LogP contribution in [0.3, 0.4) is 0 Å². The van der Waals surface area contributed by atoms with Gasteiger partial charge in [-0.1, -0.05) is 12.1 Å². The average molecular weight is 278 g/mol. The zero-order chi connectivity index (χ0) is 14.8. The lowest BCUT2D eigenvalue weighted by molar-refractivity contribution is -0.116. The summed E-state index contributed by atoms with van der Waals surface area (Å²) in [5.41, 5.74) is 11.5. The van der Waals surface area contributed by atoms with Crippen LogP contribution in [0.1, 0.15) is 18.4 Å². The first-order chi connectivity index (χ1) is 9.58. The molecule has 0 unspecified atom stereocenters. The van der Waals surface area contributed by atoms with Crippen molar-refractivity contribution in [2.75, 3.05) is 13.1 Å². The second-order valence-electron chi connectivity index (χ2n) is 4.40. The van der Waals surface area contributed by atoms with E-state index in [9.17, 15) is 4.79 Å². The van der Waals surface area contributed by atoms with Crippen LogP contribution in [0.2, 0.25) is 0 Å². The van der Waals surface area contributed by atoms with Crippen molar-refractivity contribution in [2.45, 2.75) is 19.1 Å². The van der Waals surface area contributed by atoms with Crippen molar-refractivity contribution in [2.24, 2.45) is 11.5 Å². The zero-order valence-electron chi connectivity index (χ0n) is 11.4. The Balaban J connectivity index is 2.15. The van der Waals surface area contributed by atoms with Gasteiger partial charge in [0.2, 0.25) is 5.91 Å². The number of carbonyl (C=O) groups excluding carboxylic acids is 1. The molecule has 1 aromatic carbocycles. The summed E-state index contributed by atoms with van der Waals surface area (Å²) >= 11 is 0. The summed E-state index contributed by atoms with van der Waals surface area (Å²) in [6.07, 6.45) is 4.44. The van der Waals surface area contributed by atoms with Gasteiger partial charge in [-0.2, -0.15) is 0 Å². The predicted octanol–water partition coefficient (Wildman–Crippen LogP) is 0.0924. The lowest BCUT2D eigenvalue weighted by Gasteiger charge is -2.07. The lowest BCUT2D eigenvalue weighted by atomic mass is 10.2. The minimum atomic E-state index is -0.488. The molecule has 7 N–H and O–H groups in total. The molecule has 0 saturated carbocycles. The maximum Gasteiger partial charge on any atom is 0.243 e. The zero-order valence-corrected chi connectivity index (χ0v) is 11.4. The number of nitrogens with one attached hydrogen (secondary N) is 2. The van der Waals surface area contributed by atoms with Crippen molar-refractivity contribution in [3.8, 4) is 5.75 Å². The summed E-state index contributed by atoms with van der Waals surface area (Å²) in [5.74, 6) is 0.0685. The summed E-state index contributed by atoms with van der Waals surface area (Å²) < 4.78 is 0. The first kappa shape index (κ1) is 16.2. The van der Waals surface area contributed by atoms with E-state index in [-0.39, 0.29) is 11.7 Å². The second-order valence-corrected chi connectivity index (χ2v) is 4.40. The van der Waals surface area contributed by atoms with Crippen LogP contribution in [0.15, 0.2) is 30.3 Å². The Morgan fingerprint density at radius 2 is 1.85 bits per heavy atom. The highest BCUT2D eigenvalue weighted by atomic mass is 16.3. The number of nitrogens with two attached hydrogens (primary N) is 2. The highest BCUT2D eigenvalue weighted by molar-refractivity contribution is 5.91. The quantitative estimate of drug-likeness (QED) is 0.263. The van der Waals surface area contributed by atoms with Crippen LogP contribution in [0.25, 0.3) is 6.08 Å². The highest BCUT2D eigenvalue weighted by Crippen LogP contribution is 2.10. The Morgan fingerprint density at radius 3 is 2.50 bits per heavy atom. The van der Waals surface area contributed by atoms with Gasteiger partial charge in [0.1, 0.15) is 12.0 Å². The molecule has 20 heavy (non-hydrogen) atoms. The molecule has 1 aromatic rings. The molecular weight excluding hydrogens is 256 g/mol. The molecule has 1 rings (SSSR count). The number of phenolic OH excluding ortho intramolecular Hbond substituents is 1. The molecule has 6 nitrogen and oxygen atoms in total. The normalized spacial score (nSPS) is 11.2. The van der Waals surface area contributed by atoms with Gasteiger partial charge in [0.25, 0.3) is 0 Å². The van der Waals surface area contributed by atoms with E-state index in [0.29, 0.717) is 6.54 Å². The number of carbonyl (C=O) groups is 1. The van der Waals surface area contributed by atoms with E-state index in [1.807, 2.05) is 0 Å². The fraction of sp³-hybridized carbons (Fsp3) is 0.357. The summed E-state index contributed by atoms with van der Waals surface area (Å²) in [6, 6.07) is 6.63. The predicted molar refractivity (Wildman–Crippen MR) is 79.6 cm³/mol. The van der Waals surface area contributed by atoms with Gasteiger partial charge in [-0.25, -0.2) is 0 Å². The molecule has 6 heteroatoms. The number of phenols is 1. The van der Waals surface area contributed by atoms with Crippen molar-refractivity contribution < 1.29 is 9.90 Å². The molecule has 0 aliphatic heterocycles. The van der Waals surface area contributed by atoms with Crippen LogP contribution in [-0.4, -0.2) is 30.4 Å². The number of hydrogen-bond donors (Lipinski definition) is 5. The number of hydrogen-bond acceptors (Lipinski definition) is 5. The van der Waals surface area contributed by atoms with Crippen LogP contribution < -0.4 is 22.1 Å². The third kappa shape index (κ3) is 7.52. The van der Waals surface area contributed by atoms with E-state index in [2.05, 4.69) is 10.6 Å². The van der Waals surface area contributed by atoms with Crippen molar-refractivity contribution in [1.29, 1.82) is 0 Å². The fourth-order valence-corrected chi connectivity index (χ4v) is 1.55. The standard InChI is InChI=1S/C14H22N4O2/c15-14(16)18-10-2-1-9-17-13(20)8-5-11-3-6-12(19)7-4-11/h3-8,14,18-19H,1-2,9-10,15-16H2,(H,17,20)/b8-5+. The minimum Gasteiger partial charge on any atom is -0.508 e. The average Bonchev–Trinajstić information content (AvgIpc) is 2.41. The fourth-order valence-electron chi connectivity index (χ4n) is 1.55. The van der Waals surface area contributed by atoms with Crippen molar-refractivity contribution >= 4 is 12.0 Å². The largest absolute Gasteiger partial charge is 0.508 e. The van der Waals surface area contributed by atoms with Crippen LogP contribution >= 0.6 is 0 Å². The summed E-state index contributed by atoms with van der Waals surface area (Å²) in [4.78, 5) is 11.5. The van der Waals surface area contributed by atoms with Gasteiger partial charge >= 0.3 is 0 Å². The molecule has 110 valence electrons. The monoisotopic (exact) mass is 278 g/mol. The van der Waals surface area contributed by atoms with Gasteiger partial charge in [0.05, 0.1) is 0 Å². The van der Waals surface area contributed by atoms with Crippen molar-refractivity contribution in [1.82, 2.24) is 10.6 Å². The van der Waals surface area contributed by atoms with E-state index in [0.717, 1.165) is 24.9 Å². The first-order valence-electron chi connectivity index (χ1n) is 6.57. The molecule has 0 heterocycles. The van der Waals surface area contributed by atoms with Crippen LogP contribution in [0.5, 0.6) is 5.75 Å². The number of aromatic hydroxyl groups is 1. The smallest absolute Gasteiger partial charge is 0.243 e. The van der Waals surface area contributed by atoms with Crippen molar-refractivity contribution in [3.05, 3.63) is 35.9 Å². The summed E-state index contributed by atoms with van der Waals surface area (Å²) in [5, 5.41) is 14.8. The molecule has 0 radical (unpaired) electrons. The molecule has 0 aliphatic carbocycles. The van der Waals surface area contributed by atoms with Crippen LogP contribution in [0.4, 0.5) is 0 Å². The molecule has 0 bridgehead atoms. The van der Waals surface area contributed by atoms with Gasteiger partial charge in [0, 0.05) is 12.6 Å². The third-order valence-electron chi connectivity index (χ3n) is 2.60. The molecule has 1 amide bonds. The molecule has 0 spiro atoms. The molecule has 0 saturated heterocycles. The van der Waals surface area contributed by atoms with E-state index in [1.165, 1.54) is 6.08 Å². The Kier molecular flexibility index (Phi) is 7.34. The topological polar surface area (TPSA) is 113 Å². The Hall–Kier alpha value is -1.89. The maximum atomic E-state index is 11.5. The molecule has 0 aromatic heterocycles. The van der Waals surface area contributed by atoms with E-state index in [1.54, 1.807) is 30.3 Å².